The molecule has 0 saturated carbocycles. The smallest absolute Gasteiger partial charge is 0.492 e. The first-order chi connectivity index (χ1) is 18.6. The van der Waals surface area contributed by atoms with E-state index in [1.54, 1.807) is 43.0 Å². The van der Waals surface area contributed by atoms with Gasteiger partial charge in [0.25, 0.3) is 0 Å². The number of benzene rings is 2. The van der Waals surface area contributed by atoms with Crippen LogP contribution in [-0.4, -0.2) is 72.3 Å². The lowest BCUT2D eigenvalue weighted by Crippen LogP contribution is -2.39. The molecule has 8 nitrogen and oxygen atoms in total. The van der Waals surface area contributed by atoms with Gasteiger partial charge in [-0.25, -0.2) is 9.59 Å². The van der Waals surface area contributed by atoms with E-state index in [1.807, 2.05) is 0 Å². The fraction of sp³-hybridized carbons (Fsp3) is 0.481. The fourth-order valence-electron chi connectivity index (χ4n) is 3.44. The lowest BCUT2D eigenvalue weighted by molar-refractivity contribution is -0.274. The van der Waals surface area contributed by atoms with Crippen LogP contribution in [0.3, 0.4) is 0 Å². The van der Waals surface area contributed by atoms with Crippen molar-refractivity contribution in [2.45, 2.75) is 45.6 Å². The number of unbranched alkanes of at least 4 members (excludes halogenated alkanes) is 1. The maximum atomic E-state index is 13.0. The second-order valence-electron chi connectivity index (χ2n) is 8.41. The number of hydrogen-bond acceptors (Lipinski definition) is 6. The van der Waals surface area contributed by atoms with Crippen LogP contribution in [0.5, 0.6) is 11.5 Å². The molecule has 0 saturated heterocycles. The maximum Gasteiger partial charge on any atom is 0.573 e. The number of anilines is 1. The first kappa shape index (κ1) is 32.1. The van der Waals surface area contributed by atoms with E-state index in [0.29, 0.717) is 24.7 Å². The lowest BCUT2D eigenvalue weighted by atomic mass is 10.1. The molecule has 0 aromatic heterocycles. The topological polar surface area (TPSA) is 97.3 Å². The highest BCUT2D eigenvalue weighted by molar-refractivity contribution is 7.99. The zero-order valence-corrected chi connectivity index (χ0v) is 22.9. The molecule has 0 fully saturated rings. The van der Waals surface area contributed by atoms with Crippen molar-refractivity contribution in [2.75, 3.05) is 43.1 Å². The van der Waals surface area contributed by atoms with Crippen molar-refractivity contribution >= 4 is 29.4 Å². The van der Waals surface area contributed by atoms with Crippen molar-refractivity contribution in [2.24, 2.45) is 0 Å². The Morgan fingerprint density at radius 1 is 1.05 bits per heavy atom. The van der Waals surface area contributed by atoms with Crippen molar-refractivity contribution in [1.29, 1.82) is 0 Å². The van der Waals surface area contributed by atoms with E-state index < -0.39 is 30.2 Å². The van der Waals surface area contributed by atoms with Crippen LogP contribution in [0.1, 0.15) is 32.3 Å². The van der Waals surface area contributed by atoms with E-state index in [0.717, 1.165) is 30.2 Å². The number of alkyl halides is 3. The van der Waals surface area contributed by atoms with Crippen molar-refractivity contribution < 1.29 is 42.1 Å². The molecular formula is C27H35F3N2O6S. The van der Waals surface area contributed by atoms with Crippen LogP contribution < -0.4 is 14.8 Å². The molecule has 12 heteroatoms. The van der Waals surface area contributed by atoms with E-state index in [9.17, 15) is 27.9 Å². The predicted molar refractivity (Wildman–Crippen MR) is 145 cm³/mol. The molecule has 1 unspecified atom stereocenters. The molecule has 0 aliphatic carbocycles. The van der Waals surface area contributed by atoms with Gasteiger partial charge in [0.1, 0.15) is 12.4 Å². The Hall–Kier alpha value is -3.12. The summed E-state index contributed by atoms with van der Waals surface area (Å²) in [7, 11) is 0. The Labute approximate surface area is 230 Å². The van der Waals surface area contributed by atoms with Crippen molar-refractivity contribution in [1.82, 2.24) is 4.90 Å². The van der Waals surface area contributed by atoms with Gasteiger partial charge in [0.15, 0.2) is 11.9 Å². The van der Waals surface area contributed by atoms with Gasteiger partial charge in [0.05, 0.1) is 12.2 Å². The Morgan fingerprint density at radius 2 is 1.77 bits per heavy atom. The molecule has 0 spiro atoms. The molecule has 2 rings (SSSR count). The standard InChI is InChI=1S/C27H35F3N2O6S/c1-3-5-17-39-18-15-32(26(35)31-22-8-6-7-9-23(22)38-27(28,29)30)14-16-37-21-12-10-20(11-13-21)19-24(25(33)34)36-4-2/h6-13,24H,3-5,14-19H2,1-2H3,(H,31,35)(H,33,34). The van der Waals surface area contributed by atoms with Gasteiger partial charge in [0, 0.05) is 25.3 Å². The molecule has 2 N–H and O–H groups in total. The number of amides is 2. The summed E-state index contributed by atoms with van der Waals surface area (Å²) in [6.45, 7) is 4.82. The van der Waals surface area contributed by atoms with Crippen molar-refractivity contribution in [3.63, 3.8) is 0 Å². The molecule has 0 aliphatic heterocycles. The predicted octanol–water partition coefficient (Wildman–Crippen LogP) is 6.06. The van der Waals surface area contributed by atoms with Crippen LogP contribution in [0.4, 0.5) is 23.7 Å². The van der Waals surface area contributed by atoms with Gasteiger partial charge in [-0.3, -0.25) is 0 Å². The second-order valence-corrected chi connectivity index (χ2v) is 9.63. The largest absolute Gasteiger partial charge is 0.573 e. The van der Waals surface area contributed by atoms with Gasteiger partial charge < -0.3 is 29.5 Å². The summed E-state index contributed by atoms with van der Waals surface area (Å²) in [4.78, 5) is 25.8. The number of urea groups is 1. The molecular weight excluding hydrogens is 537 g/mol. The summed E-state index contributed by atoms with van der Waals surface area (Å²) >= 11 is 1.69. The number of para-hydroxylation sites is 2. The summed E-state index contributed by atoms with van der Waals surface area (Å²) < 4.78 is 53.4. The highest BCUT2D eigenvalue weighted by Gasteiger charge is 2.32. The van der Waals surface area contributed by atoms with Gasteiger partial charge in [-0.15, -0.1) is 13.2 Å². The summed E-state index contributed by atoms with van der Waals surface area (Å²) in [5, 5.41) is 11.8. The molecule has 0 bridgehead atoms. The lowest BCUT2D eigenvalue weighted by Gasteiger charge is -2.24. The molecule has 0 aliphatic rings. The summed E-state index contributed by atoms with van der Waals surface area (Å²) in [5.41, 5.74) is 0.680. The molecule has 1 atom stereocenters. The van der Waals surface area contributed by atoms with Crippen LogP contribution in [0.25, 0.3) is 0 Å². The molecule has 0 radical (unpaired) electrons. The number of carboxylic acids is 1. The van der Waals surface area contributed by atoms with E-state index in [2.05, 4.69) is 17.0 Å². The zero-order valence-electron chi connectivity index (χ0n) is 22.0. The van der Waals surface area contributed by atoms with Gasteiger partial charge in [-0.1, -0.05) is 37.6 Å². The Bertz CT molecular complexity index is 1020. The fourth-order valence-corrected chi connectivity index (χ4v) is 4.49. The van der Waals surface area contributed by atoms with Crippen LogP contribution in [0.2, 0.25) is 0 Å². The summed E-state index contributed by atoms with van der Waals surface area (Å²) in [6, 6.07) is 11.7. The summed E-state index contributed by atoms with van der Waals surface area (Å²) in [5.74, 6) is 0.609. The number of halogens is 3. The highest BCUT2D eigenvalue weighted by Crippen LogP contribution is 2.30. The molecule has 216 valence electrons. The molecule has 0 heterocycles. The molecule has 2 aromatic carbocycles. The first-order valence-corrected chi connectivity index (χ1v) is 13.8. The van der Waals surface area contributed by atoms with Crippen LogP contribution >= 0.6 is 11.8 Å². The number of carboxylic acid groups (broad SMARTS) is 1. The number of carbonyl (C=O) groups excluding carboxylic acids is 1. The first-order valence-electron chi connectivity index (χ1n) is 12.7. The SMILES string of the molecule is CCCCSCCN(CCOc1ccc(CC(OCC)C(=O)O)cc1)C(=O)Nc1ccccc1OC(F)(F)F. The van der Waals surface area contributed by atoms with E-state index in [1.165, 1.54) is 23.1 Å². The van der Waals surface area contributed by atoms with Gasteiger partial charge in [0.2, 0.25) is 0 Å². The Balaban J connectivity index is 1.99. The Morgan fingerprint density at radius 3 is 2.41 bits per heavy atom. The number of nitrogens with zero attached hydrogens (tertiary/aromatic N) is 1. The second kappa shape index (κ2) is 16.8. The summed E-state index contributed by atoms with van der Waals surface area (Å²) in [6.07, 6.45) is -3.50. The number of thioether (sulfide) groups is 1. The quantitative estimate of drug-likeness (QED) is 0.222. The third-order valence-electron chi connectivity index (χ3n) is 5.41. The van der Waals surface area contributed by atoms with E-state index in [-0.39, 0.29) is 25.3 Å². The van der Waals surface area contributed by atoms with Crippen molar-refractivity contribution in [3.8, 4) is 11.5 Å². The number of carbonyl (C=O) groups is 2. The van der Waals surface area contributed by atoms with Gasteiger partial charge in [-0.2, -0.15) is 11.8 Å². The van der Waals surface area contributed by atoms with Crippen molar-refractivity contribution in [3.05, 3.63) is 54.1 Å². The monoisotopic (exact) mass is 572 g/mol. The molecule has 2 aromatic rings. The minimum Gasteiger partial charge on any atom is -0.492 e. The Kier molecular flexibility index (Phi) is 13.8. The number of nitrogens with one attached hydrogen (secondary N) is 1. The minimum absolute atomic E-state index is 0.0910. The number of rotatable bonds is 17. The van der Waals surface area contributed by atoms with E-state index in [4.69, 9.17) is 9.47 Å². The minimum atomic E-state index is -4.89. The van der Waals surface area contributed by atoms with Gasteiger partial charge >= 0.3 is 18.4 Å². The number of hydrogen-bond donors (Lipinski definition) is 2. The average Bonchev–Trinajstić information content (AvgIpc) is 2.88. The zero-order chi connectivity index (χ0) is 28.7. The van der Waals surface area contributed by atoms with Crippen LogP contribution in [0.15, 0.2) is 48.5 Å². The van der Waals surface area contributed by atoms with Crippen LogP contribution in [0, 0.1) is 0 Å². The molecule has 2 amide bonds. The van der Waals surface area contributed by atoms with E-state index >= 15 is 0 Å². The van der Waals surface area contributed by atoms with Gasteiger partial charge in [-0.05, 0) is 48.9 Å². The molecule has 39 heavy (non-hydrogen) atoms. The average molecular weight is 573 g/mol. The normalized spacial score (nSPS) is 12.0. The maximum absolute atomic E-state index is 13.0. The van der Waals surface area contributed by atoms with Crippen LogP contribution in [-0.2, 0) is 16.0 Å². The third-order valence-corrected chi connectivity index (χ3v) is 6.46. The number of ether oxygens (including phenoxy) is 3. The number of aliphatic carboxylic acids is 1. The highest BCUT2D eigenvalue weighted by atomic mass is 32.2. The third kappa shape index (κ3) is 12.5.